The van der Waals surface area contributed by atoms with Gasteiger partial charge in [0.25, 0.3) is 0 Å². The van der Waals surface area contributed by atoms with Gasteiger partial charge < -0.3 is 9.80 Å². The molecule has 0 spiro atoms. The molecule has 0 aliphatic carbocycles. The molecule has 1 unspecified atom stereocenters. The molecule has 0 radical (unpaired) electrons. The van der Waals surface area contributed by atoms with E-state index >= 15 is 0 Å². The Morgan fingerprint density at radius 2 is 2.12 bits per heavy atom. The SMILES string of the molecule is CC1CN(c2ccc(Cl)cc2CCl)CCN1C. The van der Waals surface area contributed by atoms with E-state index in [0.717, 1.165) is 30.2 Å². The number of alkyl halides is 1. The number of likely N-dealkylation sites (N-methyl/N-ethyl adjacent to an activating group) is 1. The highest BCUT2D eigenvalue weighted by molar-refractivity contribution is 6.30. The summed E-state index contributed by atoms with van der Waals surface area (Å²) in [4.78, 5) is 4.78. The van der Waals surface area contributed by atoms with Crippen molar-refractivity contribution in [3.8, 4) is 0 Å². The van der Waals surface area contributed by atoms with Crippen LogP contribution in [0.4, 0.5) is 5.69 Å². The molecule has 0 bridgehead atoms. The van der Waals surface area contributed by atoms with Gasteiger partial charge in [0.2, 0.25) is 0 Å². The molecule has 1 heterocycles. The first-order valence-electron chi connectivity index (χ1n) is 5.91. The van der Waals surface area contributed by atoms with E-state index in [4.69, 9.17) is 23.2 Å². The monoisotopic (exact) mass is 272 g/mol. The molecule has 1 aliphatic heterocycles. The summed E-state index contributed by atoms with van der Waals surface area (Å²) in [6.45, 7) is 5.43. The lowest BCUT2D eigenvalue weighted by molar-refractivity contribution is 0.234. The molecule has 1 atom stereocenters. The van der Waals surface area contributed by atoms with Gasteiger partial charge in [0.15, 0.2) is 0 Å². The number of halogens is 2. The first-order chi connectivity index (χ1) is 8.11. The molecule has 1 saturated heterocycles. The average molecular weight is 273 g/mol. The molecule has 2 nitrogen and oxygen atoms in total. The van der Waals surface area contributed by atoms with Crippen LogP contribution in [0, 0.1) is 0 Å². The number of anilines is 1. The topological polar surface area (TPSA) is 6.48 Å². The highest BCUT2D eigenvalue weighted by atomic mass is 35.5. The number of benzene rings is 1. The molecule has 1 fully saturated rings. The zero-order valence-corrected chi connectivity index (χ0v) is 11.8. The lowest BCUT2D eigenvalue weighted by Crippen LogP contribution is -2.50. The fourth-order valence-electron chi connectivity index (χ4n) is 2.24. The Balaban J connectivity index is 2.22. The van der Waals surface area contributed by atoms with E-state index in [-0.39, 0.29) is 0 Å². The van der Waals surface area contributed by atoms with E-state index in [1.54, 1.807) is 0 Å². The fraction of sp³-hybridized carbons (Fsp3) is 0.538. The van der Waals surface area contributed by atoms with Gasteiger partial charge in [-0.05, 0) is 37.7 Å². The van der Waals surface area contributed by atoms with Gasteiger partial charge in [-0.3, -0.25) is 0 Å². The van der Waals surface area contributed by atoms with Gasteiger partial charge >= 0.3 is 0 Å². The third-order valence-corrected chi connectivity index (χ3v) is 4.01. The molecular weight excluding hydrogens is 255 g/mol. The molecule has 94 valence electrons. The van der Waals surface area contributed by atoms with Gasteiger partial charge in [-0.25, -0.2) is 0 Å². The van der Waals surface area contributed by atoms with E-state index < -0.39 is 0 Å². The van der Waals surface area contributed by atoms with Gasteiger partial charge in [0.1, 0.15) is 0 Å². The molecule has 1 aromatic carbocycles. The molecule has 4 heteroatoms. The summed E-state index contributed by atoms with van der Waals surface area (Å²) in [7, 11) is 2.17. The summed E-state index contributed by atoms with van der Waals surface area (Å²) in [6, 6.07) is 6.56. The van der Waals surface area contributed by atoms with Crippen LogP contribution in [0.15, 0.2) is 18.2 Å². The number of hydrogen-bond acceptors (Lipinski definition) is 2. The molecule has 1 aliphatic rings. The minimum Gasteiger partial charge on any atom is -0.368 e. The van der Waals surface area contributed by atoms with Crippen LogP contribution in [0.25, 0.3) is 0 Å². The van der Waals surface area contributed by atoms with Crippen molar-refractivity contribution in [3.63, 3.8) is 0 Å². The normalized spacial score (nSPS) is 21.9. The van der Waals surface area contributed by atoms with Crippen LogP contribution in [0.5, 0.6) is 0 Å². The number of piperazine rings is 1. The summed E-state index contributed by atoms with van der Waals surface area (Å²) < 4.78 is 0. The summed E-state index contributed by atoms with van der Waals surface area (Å²) >= 11 is 12.0. The molecule has 17 heavy (non-hydrogen) atoms. The van der Waals surface area contributed by atoms with Crippen LogP contribution in [0.1, 0.15) is 12.5 Å². The molecule has 0 aromatic heterocycles. The van der Waals surface area contributed by atoms with Crippen LogP contribution in [0.3, 0.4) is 0 Å². The Kier molecular flexibility index (Phi) is 4.18. The van der Waals surface area contributed by atoms with Gasteiger partial charge in [0.05, 0.1) is 0 Å². The molecule has 0 amide bonds. The van der Waals surface area contributed by atoms with Crippen molar-refractivity contribution in [2.75, 3.05) is 31.6 Å². The zero-order chi connectivity index (χ0) is 12.4. The fourth-order valence-corrected chi connectivity index (χ4v) is 2.65. The van der Waals surface area contributed by atoms with E-state index in [0.29, 0.717) is 11.9 Å². The summed E-state index contributed by atoms with van der Waals surface area (Å²) in [5.41, 5.74) is 2.35. The lowest BCUT2D eigenvalue weighted by atomic mass is 10.1. The predicted molar refractivity (Wildman–Crippen MR) is 75.3 cm³/mol. The smallest absolute Gasteiger partial charge is 0.0495 e. The zero-order valence-electron chi connectivity index (χ0n) is 10.3. The van der Waals surface area contributed by atoms with Gasteiger partial charge in [-0.1, -0.05) is 11.6 Å². The number of nitrogens with zero attached hydrogens (tertiary/aromatic N) is 2. The molecule has 0 saturated carbocycles. The first kappa shape index (κ1) is 13.0. The van der Waals surface area contributed by atoms with Gasteiger partial charge in [-0.15, -0.1) is 11.6 Å². The third-order valence-electron chi connectivity index (χ3n) is 3.49. The minimum absolute atomic E-state index is 0.511. The molecule has 2 rings (SSSR count). The van der Waals surface area contributed by atoms with Crippen molar-refractivity contribution in [2.24, 2.45) is 0 Å². The number of hydrogen-bond donors (Lipinski definition) is 0. The molecular formula is C13H18Cl2N2. The summed E-state index contributed by atoms with van der Waals surface area (Å²) in [5, 5.41) is 0.756. The van der Waals surface area contributed by atoms with E-state index in [2.05, 4.69) is 29.8 Å². The van der Waals surface area contributed by atoms with E-state index in [1.807, 2.05) is 12.1 Å². The maximum absolute atomic E-state index is 6.00. The first-order valence-corrected chi connectivity index (χ1v) is 6.82. The van der Waals surface area contributed by atoms with Crippen molar-refractivity contribution in [3.05, 3.63) is 28.8 Å². The number of rotatable bonds is 2. The van der Waals surface area contributed by atoms with Crippen LogP contribution in [-0.2, 0) is 5.88 Å². The van der Waals surface area contributed by atoms with Crippen molar-refractivity contribution >= 4 is 28.9 Å². The second-order valence-electron chi connectivity index (χ2n) is 4.68. The average Bonchev–Trinajstić information content (AvgIpc) is 2.32. The van der Waals surface area contributed by atoms with Crippen LogP contribution >= 0.6 is 23.2 Å². The predicted octanol–water partition coefficient (Wildman–Crippen LogP) is 3.22. The van der Waals surface area contributed by atoms with Crippen LogP contribution < -0.4 is 4.90 Å². The minimum atomic E-state index is 0.511. The van der Waals surface area contributed by atoms with Crippen LogP contribution in [-0.4, -0.2) is 37.6 Å². The van der Waals surface area contributed by atoms with Crippen molar-refractivity contribution in [1.82, 2.24) is 4.90 Å². The largest absolute Gasteiger partial charge is 0.368 e. The quantitative estimate of drug-likeness (QED) is 0.763. The van der Waals surface area contributed by atoms with Crippen LogP contribution in [0.2, 0.25) is 5.02 Å². The highest BCUT2D eigenvalue weighted by Gasteiger charge is 2.22. The maximum Gasteiger partial charge on any atom is 0.0495 e. The molecule has 1 aromatic rings. The third kappa shape index (κ3) is 2.87. The second-order valence-corrected chi connectivity index (χ2v) is 5.39. The Hall–Kier alpha value is -0.440. The Bertz CT molecular complexity index is 395. The second kappa shape index (κ2) is 5.47. The summed E-state index contributed by atoms with van der Waals surface area (Å²) in [6.07, 6.45) is 0. The van der Waals surface area contributed by atoms with Crippen molar-refractivity contribution in [1.29, 1.82) is 0 Å². The van der Waals surface area contributed by atoms with Gasteiger partial charge in [0, 0.05) is 42.3 Å². The highest BCUT2D eigenvalue weighted by Crippen LogP contribution is 2.27. The molecule has 0 N–H and O–H groups in total. The van der Waals surface area contributed by atoms with Crippen molar-refractivity contribution < 1.29 is 0 Å². The summed E-state index contributed by atoms with van der Waals surface area (Å²) in [5.74, 6) is 0.511. The standard InChI is InChI=1S/C13H18Cl2N2/c1-10-9-17(6-5-16(10)2)13-4-3-12(15)7-11(13)8-14/h3-4,7,10H,5-6,8-9H2,1-2H3. The maximum atomic E-state index is 6.00. The Morgan fingerprint density at radius 3 is 2.76 bits per heavy atom. The van der Waals surface area contributed by atoms with E-state index in [1.165, 1.54) is 5.69 Å². The Labute approximate surface area is 113 Å². The lowest BCUT2D eigenvalue weighted by Gasteiger charge is -2.39. The Morgan fingerprint density at radius 1 is 1.35 bits per heavy atom. The van der Waals surface area contributed by atoms with E-state index in [9.17, 15) is 0 Å². The van der Waals surface area contributed by atoms with Crippen molar-refractivity contribution in [2.45, 2.75) is 18.8 Å². The van der Waals surface area contributed by atoms with Gasteiger partial charge in [-0.2, -0.15) is 0 Å².